The molecule has 2 unspecified atom stereocenters. The Kier molecular flexibility index (Phi) is 6.79. The van der Waals surface area contributed by atoms with Gasteiger partial charge in [-0.2, -0.15) is 0 Å². The van der Waals surface area contributed by atoms with E-state index in [1.807, 2.05) is 31.2 Å². The second kappa shape index (κ2) is 7.85. The molecule has 0 saturated carbocycles. The predicted octanol–water partition coefficient (Wildman–Crippen LogP) is 2.04. The average molecular weight is 350 g/mol. The van der Waals surface area contributed by atoms with E-state index >= 15 is 0 Å². The third kappa shape index (κ3) is 4.76. The van der Waals surface area contributed by atoms with E-state index in [4.69, 9.17) is 4.74 Å². The van der Waals surface area contributed by atoms with Gasteiger partial charge in [0, 0.05) is 11.0 Å². The van der Waals surface area contributed by atoms with Crippen LogP contribution in [0.5, 0.6) is 0 Å². The molecule has 2 rings (SSSR count). The van der Waals surface area contributed by atoms with Crippen molar-refractivity contribution in [2.45, 2.75) is 19.0 Å². The lowest BCUT2D eigenvalue weighted by Crippen LogP contribution is -2.51. The van der Waals surface area contributed by atoms with Crippen molar-refractivity contribution in [2.24, 2.45) is 0 Å². The summed E-state index contributed by atoms with van der Waals surface area (Å²) in [5.74, 6) is -0.00915. The number of rotatable bonds is 3. The van der Waals surface area contributed by atoms with Gasteiger partial charge in [-0.25, -0.2) is 0 Å². The number of hydrogen-bond acceptors (Lipinski definition) is 3. The van der Waals surface area contributed by atoms with Crippen LogP contribution in [0.1, 0.15) is 18.5 Å². The Bertz CT molecular complexity index is 408. The fraction of sp³-hybridized carbons (Fsp3) is 0.462. The van der Waals surface area contributed by atoms with E-state index in [9.17, 15) is 4.79 Å². The summed E-state index contributed by atoms with van der Waals surface area (Å²) >= 11 is 3.39. The third-order valence-corrected chi connectivity index (χ3v) is 3.50. The summed E-state index contributed by atoms with van der Waals surface area (Å²) in [6, 6.07) is 7.70. The van der Waals surface area contributed by atoms with Gasteiger partial charge in [0.1, 0.15) is 6.04 Å². The third-order valence-electron chi connectivity index (χ3n) is 2.97. The van der Waals surface area contributed by atoms with Crippen molar-refractivity contribution in [3.05, 3.63) is 34.3 Å². The van der Waals surface area contributed by atoms with Crippen LogP contribution in [0.2, 0.25) is 0 Å². The maximum atomic E-state index is 12.0. The zero-order chi connectivity index (χ0) is 13.0. The normalized spacial score (nSPS) is 20.2. The van der Waals surface area contributed by atoms with Gasteiger partial charge in [-0.1, -0.05) is 28.1 Å². The van der Waals surface area contributed by atoms with Gasteiger partial charge in [0.15, 0.2) is 0 Å². The topological polar surface area (TPSA) is 50.4 Å². The van der Waals surface area contributed by atoms with Crippen LogP contribution >= 0.6 is 28.3 Å². The summed E-state index contributed by atoms with van der Waals surface area (Å²) in [4.78, 5) is 12.0. The maximum absolute atomic E-state index is 12.0. The first-order valence-corrected chi connectivity index (χ1v) is 6.83. The molecule has 1 amide bonds. The molecule has 1 aliphatic rings. The molecular weight excluding hydrogens is 332 g/mol. The molecule has 2 atom stereocenters. The van der Waals surface area contributed by atoms with Crippen molar-refractivity contribution in [1.29, 1.82) is 0 Å². The Morgan fingerprint density at radius 3 is 2.74 bits per heavy atom. The highest BCUT2D eigenvalue weighted by atomic mass is 79.9. The smallest absolute Gasteiger partial charge is 0.240 e. The molecule has 1 aliphatic heterocycles. The highest BCUT2D eigenvalue weighted by molar-refractivity contribution is 9.10. The number of morpholine rings is 1. The van der Waals surface area contributed by atoms with Gasteiger partial charge in [-0.05, 0) is 24.6 Å². The van der Waals surface area contributed by atoms with Gasteiger partial charge in [0.2, 0.25) is 5.91 Å². The largest absolute Gasteiger partial charge is 0.378 e. The van der Waals surface area contributed by atoms with Gasteiger partial charge < -0.3 is 15.4 Å². The summed E-state index contributed by atoms with van der Waals surface area (Å²) in [6.07, 6.45) is 0. The Morgan fingerprint density at radius 2 is 2.16 bits per heavy atom. The predicted molar refractivity (Wildman–Crippen MR) is 80.6 cm³/mol. The second-order valence-corrected chi connectivity index (χ2v) is 5.28. The molecule has 0 bridgehead atoms. The SMILES string of the molecule is CC(NC(=O)C1COCCN1)c1ccc(Br)cc1.Cl. The van der Waals surface area contributed by atoms with Crippen LogP contribution in [0, 0.1) is 0 Å². The molecule has 0 radical (unpaired) electrons. The molecule has 2 N–H and O–H groups in total. The van der Waals surface area contributed by atoms with Gasteiger partial charge >= 0.3 is 0 Å². The van der Waals surface area contributed by atoms with E-state index in [1.54, 1.807) is 0 Å². The van der Waals surface area contributed by atoms with Crippen LogP contribution in [-0.4, -0.2) is 31.7 Å². The molecule has 6 heteroatoms. The van der Waals surface area contributed by atoms with Crippen molar-refractivity contribution in [2.75, 3.05) is 19.8 Å². The molecule has 4 nitrogen and oxygen atoms in total. The minimum absolute atomic E-state index is 0. The summed E-state index contributed by atoms with van der Waals surface area (Å²) < 4.78 is 6.31. The Labute approximate surface area is 127 Å². The number of nitrogens with one attached hydrogen (secondary N) is 2. The zero-order valence-corrected chi connectivity index (χ0v) is 13.1. The number of carbonyl (C=O) groups is 1. The van der Waals surface area contributed by atoms with Crippen LogP contribution in [0.3, 0.4) is 0 Å². The molecular formula is C13H18BrClN2O2. The first kappa shape index (κ1) is 16.4. The molecule has 106 valence electrons. The molecule has 0 aliphatic carbocycles. The van der Waals surface area contributed by atoms with Crippen molar-refractivity contribution in [3.8, 4) is 0 Å². The van der Waals surface area contributed by atoms with E-state index in [1.165, 1.54) is 0 Å². The number of hydrogen-bond donors (Lipinski definition) is 2. The average Bonchev–Trinajstić information content (AvgIpc) is 2.40. The van der Waals surface area contributed by atoms with Crippen molar-refractivity contribution in [3.63, 3.8) is 0 Å². The number of halogens is 2. The number of amides is 1. The standard InChI is InChI=1S/C13H17BrN2O2.ClH/c1-9(10-2-4-11(14)5-3-10)16-13(17)12-8-18-7-6-15-12;/h2-5,9,12,15H,6-8H2,1H3,(H,16,17);1H. The van der Waals surface area contributed by atoms with E-state index in [-0.39, 0.29) is 30.4 Å². The minimum atomic E-state index is -0.239. The Hall–Kier alpha value is -0.620. The molecule has 1 saturated heterocycles. The van der Waals surface area contributed by atoms with E-state index in [0.717, 1.165) is 16.6 Å². The van der Waals surface area contributed by atoms with Crippen LogP contribution in [0.15, 0.2) is 28.7 Å². The summed E-state index contributed by atoms with van der Waals surface area (Å²) in [5, 5.41) is 6.13. The summed E-state index contributed by atoms with van der Waals surface area (Å²) in [5.41, 5.74) is 1.09. The lowest BCUT2D eigenvalue weighted by atomic mass is 10.1. The lowest BCUT2D eigenvalue weighted by Gasteiger charge is -2.25. The van der Waals surface area contributed by atoms with E-state index in [0.29, 0.717) is 13.2 Å². The maximum Gasteiger partial charge on any atom is 0.240 e. The Balaban J connectivity index is 0.00000180. The van der Waals surface area contributed by atoms with Gasteiger partial charge in [-0.3, -0.25) is 4.79 Å². The lowest BCUT2D eigenvalue weighted by molar-refractivity contribution is -0.126. The quantitative estimate of drug-likeness (QED) is 0.878. The molecule has 19 heavy (non-hydrogen) atoms. The summed E-state index contributed by atoms with van der Waals surface area (Å²) in [6.45, 7) is 3.82. The monoisotopic (exact) mass is 348 g/mol. The van der Waals surface area contributed by atoms with Crippen molar-refractivity contribution >= 4 is 34.2 Å². The molecule has 0 spiro atoms. The van der Waals surface area contributed by atoms with Crippen molar-refractivity contribution in [1.82, 2.24) is 10.6 Å². The summed E-state index contributed by atoms with van der Waals surface area (Å²) in [7, 11) is 0. The second-order valence-electron chi connectivity index (χ2n) is 4.36. The zero-order valence-electron chi connectivity index (χ0n) is 10.7. The highest BCUT2D eigenvalue weighted by Gasteiger charge is 2.22. The van der Waals surface area contributed by atoms with Crippen LogP contribution in [0.25, 0.3) is 0 Å². The van der Waals surface area contributed by atoms with Crippen LogP contribution < -0.4 is 10.6 Å². The number of ether oxygens (including phenoxy) is 1. The number of benzene rings is 1. The first-order valence-electron chi connectivity index (χ1n) is 6.04. The molecule has 1 heterocycles. The molecule has 1 fully saturated rings. The van der Waals surface area contributed by atoms with Gasteiger partial charge in [0.25, 0.3) is 0 Å². The van der Waals surface area contributed by atoms with Crippen molar-refractivity contribution < 1.29 is 9.53 Å². The fourth-order valence-electron chi connectivity index (χ4n) is 1.88. The molecule has 0 aromatic heterocycles. The Morgan fingerprint density at radius 1 is 1.47 bits per heavy atom. The molecule has 1 aromatic rings. The van der Waals surface area contributed by atoms with Crippen LogP contribution in [0.4, 0.5) is 0 Å². The fourth-order valence-corrected chi connectivity index (χ4v) is 2.15. The van der Waals surface area contributed by atoms with E-state index in [2.05, 4.69) is 26.6 Å². The molecule has 1 aromatic carbocycles. The number of carbonyl (C=O) groups excluding carboxylic acids is 1. The van der Waals surface area contributed by atoms with Crippen LogP contribution in [-0.2, 0) is 9.53 Å². The van der Waals surface area contributed by atoms with Gasteiger partial charge in [0.05, 0.1) is 19.3 Å². The highest BCUT2D eigenvalue weighted by Crippen LogP contribution is 2.16. The first-order chi connectivity index (χ1) is 8.66. The van der Waals surface area contributed by atoms with Gasteiger partial charge in [-0.15, -0.1) is 12.4 Å². The minimum Gasteiger partial charge on any atom is -0.378 e. The van der Waals surface area contributed by atoms with E-state index < -0.39 is 0 Å².